The van der Waals surface area contributed by atoms with Crippen molar-refractivity contribution in [1.82, 2.24) is 0 Å². The van der Waals surface area contributed by atoms with E-state index >= 15 is 0 Å². The maximum Gasteiger partial charge on any atom is 0.0462 e. The maximum absolute atomic E-state index is 2.79. The molecule has 0 saturated heterocycles. The topological polar surface area (TPSA) is 6.48 Å². The molecule has 0 saturated carbocycles. The second-order valence-electron chi connectivity index (χ2n) is 21.2. The first-order valence-corrected chi connectivity index (χ1v) is 35.7. The molecular weight excluding hydrogens is 1030 g/mol. The van der Waals surface area contributed by atoms with Crippen LogP contribution >= 0.6 is 49.7 Å². The van der Waals surface area contributed by atoms with E-state index in [1.807, 2.05) is 0 Å². The summed E-state index contributed by atoms with van der Waals surface area (Å²) in [5, 5.41) is 0. The lowest BCUT2D eigenvalue weighted by Gasteiger charge is -2.26. The normalized spacial score (nSPS) is 13.3. The fraction of sp³-hybridized carbons (Fsp3) is 0.118. The zero-order chi connectivity index (χ0) is 52.9. The Morgan fingerprint density at radius 1 is 0.276 bits per heavy atom. The molecule has 0 fully saturated rings. The number of fused-ring (bicyclic) bond motifs is 6. The molecular formula is C68H64N2P6. The Morgan fingerprint density at radius 3 is 0.842 bits per heavy atom. The van der Waals surface area contributed by atoms with E-state index in [-0.39, 0.29) is 24.8 Å². The standard InChI is InChI=1S/C68H56N2.H8P6/c1-45-17-29-55(30-18-45)69(53-13-9-7-10-14-53)56-31-20-48(21-32-56)51-27-39-61-62-40-28-52(44-66(62)68(5,6)65(61)43-51)49-24-35-58(36-25-49)70(54-15-11-8-12-16-54)57-33-22-47(23-34-57)50-26-38-60-59-37-19-46(2)41-63(59)67(3,4)64(60)42-50;1-5(2)6(3)4/h7-44H,1-6H3;1-4H2. The first kappa shape index (κ1) is 52.4. The van der Waals surface area contributed by atoms with Crippen molar-refractivity contribution in [2.24, 2.45) is 0 Å². The van der Waals surface area contributed by atoms with Crippen LogP contribution in [0.2, 0.25) is 0 Å². The van der Waals surface area contributed by atoms with E-state index < -0.39 is 0 Å². The summed E-state index contributed by atoms with van der Waals surface area (Å²) in [6.07, 6.45) is 0. The molecule has 0 radical (unpaired) electrons. The molecule has 376 valence electrons. The third kappa shape index (κ3) is 10.2. The average molecular weight is 1100 g/mol. The SMILES string of the molecule is Cc1ccc(N(c2ccccc2)c2ccc(-c3ccc4c(c3)C(C)(C)c3cc(-c5ccc(N(c6ccccc6)c6ccc(-c7ccc8c(c7)C(C)(C)c7cc(C)ccc7-8)cc6)cc5)ccc3-4)cc2)cc1.PP(P)P(P)P. The summed E-state index contributed by atoms with van der Waals surface area (Å²) < 4.78 is 0. The van der Waals surface area contributed by atoms with Crippen LogP contribution < -0.4 is 9.80 Å². The van der Waals surface area contributed by atoms with Crippen molar-refractivity contribution in [3.63, 3.8) is 0 Å². The number of hydrogen-bond acceptors (Lipinski definition) is 2. The number of hydrogen-bond donors (Lipinski definition) is 0. The summed E-state index contributed by atoms with van der Waals surface area (Å²) in [4.78, 5) is 4.68. The Kier molecular flexibility index (Phi) is 14.9. The molecule has 10 aromatic rings. The van der Waals surface area contributed by atoms with Gasteiger partial charge in [-0.1, -0.05) is 178 Å². The van der Waals surface area contributed by atoms with Crippen molar-refractivity contribution in [2.75, 3.05) is 9.80 Å². The minimum Gasteiger partial charge on any atom is -0.311 e. The van der Waals surface area contributed by atoms with E-state index in [1.54, 1.807) is 0 Å². The Labute approximate surface area is 462 Å². The highest BCUT2D eigenvalue weighted by Crippen LogP contribution is 2.86. The molecule has 12 rings (SSSR count). The number of nitrogens with zero attached hydrogens (tertiary/aromatic N) is 2. The van der Waals surface area contributed by atoms with E-state index in [1.165, 1.54) is 89.0 Å². The van der Waals surface area contributed by atoms with E-state index in [4.69, 9.17) is 0 Å². The van der Waals surface area contributed by atoms with Gasteiger partial charge in [-0.2, -0.15) is 0 Å². The first-order chi connectivity index (χ1) is 36.6. The highest BCUT2D eigenvalue weighted by atomic mass is 33.0. The van der Waals surface area contributed by atoms with Crippen LogP contribution in [0.4, 0.5) is 34.1 Å². The van der Waals surface area contributed by atoms with Gasteiger partial charge in [0, 0.05) is 45.0 Å². The van der Waals surface area contributed by atoms with Crippen molar-refractivity contribution in [3.05, 3.63) is 264 Å². The molecule has 2 nitrogen and oxygen atoms in total. The number of aryl methyl sites for hydroxylation is 2. The van der Waals surface area contributed by atoms with Gasteiger partial charge in [-0.05, 0) is 197 Å². The van der Waals surface area contributed by atoms with Crippen molar-refractivity contribution in [3.8, 4) is 55.6 Å². The molecule has 0 spiro atoms. The van der Waals surface area contributed by atoms with Gasteiger partial charge in [0.1, 0.15) is 0 Å². The van der Waals surface area contributed by atoms with Crippen LogP contribution in [0.3, 0.4) is 0 Å². The predicted molar refractivity (Wildman–Crippen MR) is 349 cm³/mol. The Balaban J connectivity index is 0.000000973. The second kappa shape index (κ2) is 21.7. The van der Waals surface area contributed by atoms with Gasteiger partial charge in [-0.25, -0.2) is 0 Å². The zero-order valence-corrected chi connectivity index (χ0v) is 50.4. The summed E-state index contributed by atoms with van der Waals surface area (Å²) >= 11 is 0. The number of para-hydroxylation sites is 2. The average Bonchev–Trinajstić information content (AvgIpc) is 3.85. The van der Waals surface area contributed by atoms with E-state index in [9.17, 15) is 0 Å². The lowest BCUT2D eigenvalue weighted by atomic mass is 9.81. The molecule has 0 bridgehead atoms. The highest BCUT2D eigenvalue weighted by Gasteiger charge is 2.37. The Morgan fingerprint density at radius 2 is 0.526 bits per heavy atom. The van der Waals surface area contributed by atoms with Crippen LogP contribution in [-0.2, 0) is 10.8 Å². The highest BCUT2D eigenvalue weighted by molar-refractivity contribution is 8.92. The number of rotatable bonds is 10. The molecule has 4 atom stereocenters. The fourth-order valence-corrected chi connectivity index (χ4v) is 11.3. The van der Waals surface area contributed by atoms with Gasteiger partial charge in [-0.15, -0.1) is 35.7 Å². The van der Waals surface area contributed by atoms with Crippen LogP contribution in [0.5, 0.6) is 0 Å². The van der Waals surface area contributed by atoms with Crippen LogP contribution in [0.1, 0.15) is 61.1 Å². The minimum absolute atomic E-state index is 0.0433. The molecule has 0 aromatic heterocycles. The molecule has 8 heteroatoms. The monoisotopic (exact) mass is 1090 g/mol. The van der Waals surface area contributed by atoms with Gasteiger partial charge in [0.15, 0.2) is 0 Å². The lowest BCUT2D eigenvalue weighted by Crippen LogP contribution is -2.15. The largest absolute Gasteiger partial charge is 0.311 e. The van der Waals surface area contributed by atoms with Crippen LogP contribution in [0, 0.1) is 13.8 Å². The summed E-state index contributed by atoms with van der Waals surface area (Å²) in [6.45, 7) is 14.1. The molecule has 2 aliphatic carbocycles. The van der Waals surface area contributed by atoms with Crippen molar-refractivity contribution >= 4 is 83.8 Å². The Bertz CT molecular complexity index is 3700. The first-order valence-electron chi connectivity index (χ1n) is 25.9. The summed E-state index contributed by atoms with van der Waals surface area (Å²) in [5.74, 6) is 0. The van der Waals surface area contributed by atoms with E-state index in [0.717, 1.165) is 34.1 Å². The maximum atomic E-state index is 2.79. The minimum atomic E-state index is -0.164. The molecule has 4 unspecified atom stereocenters. The predicted octanol–water partition coefficient (Wildman–Crippen LogP) is 21.9. The van der Waals surface area contributed by atoms with Crippen LogP contribution in [-0.4, -0.2) is 0 Å². The van der Waals surface area contributed by atoms with Crippen LogP contribution in [0.15, 0.2) is 231 Å². The van der Waals surface area contributed by atoms with Crippen LogP contribution in [0.25, 0.3) is 55.6 Å². The molecule has 0 N–H and O–H groups in total. The molecule has 0 heterocycles. The molecule has 0 aliphatic heterocycles. The number of benzene rings is 10. The van der Waals surface area contributed by atoms with Gasteiger partial charge in [0.2, 0.25) is 0 Å². The Hall–Kier alpha value is -5.62. The fourth-order valence-electron chi connectivity index (χ4n) is 11.3. The van der Waals surface area contributed by atoms with E-state index in [0.29, 0.717) is 0 Å². The van der Waals surface area contributed by atoms with Crippen molar-refractivity contribution < 1.29 is 0 Å². The van der Waals surface area contributed by atoms with Crippen molar-refractivity contribution in [1.29, 1.82) is 0 Å². The molecule has 76 heavy (non-hydrogen) atoms. The molecule has 0 amide bonds. The summed E-state index contributed by atoms with van der Waals surface area (Å²) in [7, 11) is 11.2. The molecule has 10 aromatic carbocycles. The third-order valence-electron chi connectivity index (χ3n) is 15.5. The van der Waals surface area contributed by atoms with Gasteiger partial charge < -0.3 is 9.80 Å². The second-order valence-corrected chi connectivity index (χ2v) is 40.9. The zero-order valence-electron chi connectivity index (χ0n) is 44.0. The van der Waals surface area contributed by atoms with Gasteiger partial charge in [0.05, 0.1) is 0 Å². The van der Waals surface area contributed by atoms with Gasteiger partial charge in [-0.3, -0.25) is 0 Å². The number of anilines is 6. The van der Waals surface area contributed by atoms with E-state index in [2.05, 4.69) is 318 Å². The quantitative estimate of drug-likeness (QED) is 0.126. The summed E-state index contributed by atoms with van der Waals surface area (Å²) in [6, 6.07) is 85.3. The summed E-state index contributed by atoms with van der Waals surface area (Å²) in [5.41, 5.74) is 27.4. The smallest absolute Gasteiger partial charge is 0.0462 e. The lowest BCUT2D eigenvalue weighted by molar-refractivity contribution is 0.660. The van der Waals surface area contributed by atoms with Gasteiger partial charge >= 0.3 is 0 Å². The molecule has 2 aliphatic rings. The van der Waals surface area contributed by atoms with Gasteiger partial charge in [0.25, 0.3) is 0 Å². The third-order valence-corrected chi connectivity index (χ3v) is 36.8. The van der Waals surface area contributed by atoms with Crippen molar-refractivity contribution in [2.45, 2.75) is 52.4 Å².